The van der Waals surface area contributed by atoms with Gasteiger partial charge >= 0.3 is 0 Å². The van der Waals surface area contributed by atoms with Crippen molar-refractivity contribution in [3.8, 4) is 0 Å². The predicted molar refractivity (Wildman–Crippen MR) is 99.9 cm³/mol. The summed E-state index contributed by atoms with van der Waals surface area (Å²) in [6.45, 7) is 16.2. The first-order chi connectivity index (χ1) is 11.1. The van der Waals surface area contributed by atoms with E-state index >= 15 is 0 Å². The van der Waals surface area contributed by atoms with Crippen molar-refractivity contribution in [3.05, 3.63) is 17.4 Å². The molecule has 3 nitrogen and oxygen atoms in total. The molecular formula is C20H38N2O. The smallest absolute Gasteiger partial charge is 0.0594 e. The van der Waals surface area contributed by atoms with E-state index in [2.05, 4.69) is 49.7 Å². The van der Waals surface area contributed by atoms with Crippen LogP contribution >= 0.6 is 0 Å². The summed E-state index contributed by atoms with van der Waals surface area (Å²) in [6, 6.07) is 0. The summed E-state index contributed by atoms with van der Waals surface area (Å²) in [5.41, 5.74) is 5.01. The van der Waals surface area contributed by atoms with Gasteiger partial charge in [-0.25, -0.2) is 0 Å². The van der Waals surface area contributed by atoms with Crippen molar-refractivity contribution in [3.63, 3.8) is 0 Å². The molecule has 23 heavy (non-hydrogen) atoms. The first kappa shape index (κ1) is 20.4. The van der Waals surface area contributed by atoms with Gasteiger partial charge in [0.2, 0.25) is 0 Å². The minimum Gasteiger partial charge on any atom is -0.379 e. The number of rotatable bonds is 11. The Balaban J connectivity index is 2.38. The average Bonchev–Trinajstić information content (AvgIpc) is 2.57. The van der Waals surface area contributed by atoms with Crippen molar-refractivity contribution in [2.45, 2.75) is 59.8 Å². The van der Waals surface area contributed by atoms with Crippen LogP contribution in [0.2, 0.25) is 0 Å². The van der Waals surface area contributed by atoms with Crippen LogP contribution in [0.3, 0.4) is 0 Å². The van der Waals surface area contributed by atoms with E-state index in [1.807, 2.05) is 0 Å². The third-order valence-electron chi connectivity index (χ3n) is 4.81. The SMILES string of the molecule is CCCC[C@](C=C=C(C)C)(CC)CNCCCN1CCOCC1. The number of nitrogens with zero attached hydrogens (tertiary/aromatic N) is 1. The first-order valence-corrected chi connectivity index (χ1v) is 9.54. The van der Waals surface area contributed by atoms with Crippen LogP contribution in [0.5, 0.6) is 0 Å². The number of ether oxygens (including phenoxy) is 1. The lowest BCUT2D eigenvalue weighted by Crippen LogP contribution is -2.38. The van der Waals surface area contributed by atoms with Gasteiger partial charge in [-0.05, 0) is 57.8 Å². The summed E-state index contributed by atoms with van der Waals surface area (Å²) in [6.07, 6.45) is 8.57. The van der Waals surface area contributed by atoms with Crippen molar-refractivity contribution >= 4 is 0 Å². The van der Waals surface area contributed by atoms with Crippen LogP contribution in [0.4, 0.5) is 0 Å². The highest BCUT2D eigenvalue weighted by molar-refractivity contribution is 5.04. The number of hydrogen-bond donors (Lipinski definition) is 1. The lowest BCUT2D eigenvalue weighted by Gasteiger charge is -2.30. The van der Waals surface area contributed by atoms with Gasteiger partial charge in [0.1, 0.15) is 0 Å². The van der Waals surface area contributed by atoms with E-state index in [1.54, 1.807) is 0 Å². The van der Waals surface area contributed by atoms with Crippen LogP contribution in [-0.2, 0) is 4.74 Å². The summed E-state index contributed by atoms with van der Waals surface area (Å²) >= 11 is 0. The quantitative estimate of drug-likeness (QED) is 0.459. The van der Waals surface area contributed by atoms with Crippen molar-refractivity contribution < 1.29 is 4.74 Å². The Bertz CT molecular complexity index is 364. The normalized spacial score (nSPS) is 18.3. The van der Waals surface area contributed by atoms with Gasteiger partial charge in [-0.2, -0.15) is 0 Å². The van der Waals surface area contributed by atoms with Gasteiger partial charge in [0.05, 0.1) is 13.2 Å². The lowest BCUT2D eigenvalue weighted by atomic mass is 9.80. The summed E-state index contributed by atoms with van der Waals surface area (Å²) in [4.78, 5) is 2.51. The Morgan fingerprint density at radius 2 is 1.96 bits per heavy atom. The predicted octanol–water partition coefficient (Wildman–Crippen LogP) is 4.01. The minimum absolute atomic E-state index is 0.270. The van der Waals surface area contributed by atoms with E-state index in [0.717, 1.165) is 39.4 Å². The number of nitrogens with one attached hydrogen (secondary N) is 1. The maximum atomic E-state index is 5.40. The molecule has 1 rings (SSSR count). The summed E-state index contributed by atoms with van der Waals surface area (Å²) in [7, 11) is 0. The fourth-order valence-electron chi connectivity index (χ4n) is 3.03. The fraction of sp³-hybridized carbons (Fsp3) is 0.850. The largest absolute Gasteiger partial charge is 0.379 e. The summed E-state index contributed by atoms with van der Waals surface area (Å²) in [5, 5.41) is 3.71. The zero-order chi connectivity index (χ0) is 17.0. The molecule has 1 atom stereocenters. The molecule has 0 amide bonds. The Morgan fingerprint density at radius 1 is 1.22 bits per heavy atom. The molecule has 1 N–H and O–H groups in total. The van der Waals surface area contributed by atoms with Crippen molar-refractivity contribution in [2.24, 2.45) is 5.41 Å². The van der Waals surface area contributed by atoms with E-state index in [1.165, 1.54) is 44.2 Å². The molecule has 1 heterocycles. The van der Waals surface area contributed by atoms with E-state index < -0.39 is 0 Å². The number of hydrogen-bond acceptors (Lipinski definition) is 3. The molecular weight excluding hydrogens is 284 g/mol. The Labute approximate surface area is 144 Å². The fourth-order valence-corrected chi connectivity index (χ4v) is 3.03. The molecule has 0 saturated carbocycles. The van der Waals surface area contributed by atoms with Crippen LogP contribution < -0.4 is 5.32 Å². The van der Waals surface area contributed by atoms with Crippen LogP contribution in [0, 0.1) is 5.41 Å². The maximum Gasteiger partial charge on any atom is 0.0594 e. The summed E-state index contributed by atoms with van der Waals surface area (Å²) in [5.74, 6) is 0. The molecule has 1 saturated heterocycles. The van der Waals surface area contributed by atoms with Crippen molar-refractivity contribution in [1.82, 2.24) is 10.2 Å². The molecule has 0 unspecified atom stereocenters. The van der Waals surface area contributed by atoms with E-state index in [4.69, 9.17) is 4.74 Å². The second-order valence-corrected chi connectivity index (χ2v) is 7.09. The molecule has 0 aromatic rings. The van der Waals surface area contributed by atoms with Crippen LogP contribution in [0.15, 0.2) is 17.4 Å². The Morgan fingerprint density at radius 3 is 2.57 bits per heavy atom. The van der Waals surface area contributed by atoms with E-state index in [0.29, 0.717) is 0 Å². The third kappa shape index (κ3) is 8.72. The maximum absolute atomic E-state index is 5.40. The van der Waals surface area contributed by atoms with Gasteiger partial charge in [0.15, 0.2) is 0 Å². The molecule has 0 bridgehead atoms. The minimum atomic E-state index is 0.270. The molecule has 3 heteroatoms. The van der Waals surface area contributed by atoms with Gasteiger partial charge in [0, 0.05) is 25.0 Å². The highest BCUT2D eigenvalue weighted by Gasteiger charge is 2.24. The van der Waals surface area contributed by atoms with Crippen molar-refractivity contribution in [1.29, 1.82) is 0 Å². The zero-order valence-corrected chi connectivity index (χ0v) is 15.9. The second-order valence-electron chi connectivity index (χ2n) is 7.09. The topological polar surface area (TPSA) is 24.5 Å². The molecule has 0 radical (unpaired) electrons. The molecule has 0 spiro atoms. The van der Waals surface area contributed by atoms with Crippen LogP contribution in [-0.4, -0.2) is 50.8 Å². The van der Waals surface area contributed by atoms with E-state index in [9.17, 15) is 0 Å². The monoisotopic (exact) mass is 322 g/mol. The highest BCUT2D eigenvalue weighted by Crippen LogP contribution is 2.29. The van der Waals surface area contributed by atoms with Gasteiger partial charge in [-0.1, -0.05) is 26.7 Å². The molecule has 0 aromatic carbocycles. The highest BCUT2D eigenvalue weighted by atomic mass is 16.5. The molecule has 0 aromatic heterocycles. The van der Waals surface area contributed by atoms with Crippen LogP contribution in [0.1, 0.15) is 59.8 Å². The van der Waals surface area contributed by atoms with Gasteiger partial charge in [0.25, 0.3) is 0 Å². The third-order valence-corrected chi connectivity index (χ3v) is 4.81. The zero-order valence-electron chi connectivity index (χ0n) is 15.9. The first-order valence-electron chi connectivity index (χ1n) is 9.54. The van der Waals surface area contributed by atoms with Gasteiger partial charge in [-0.3, -0.25) is 4.90 Å². The summed E-state index contributed by atoms with van der Waals surface area (Å²) < 4.78 is 5.40. The number of morpholine rings is 1. The van der Waals surface area contributed by atoms with Crippen LogP contribution in [0.25, 0.3) is 0 Å². The van der Waals surface area contributed by atoms with Gasteiger partial charge in [-0.15, -0.1) is 5.73 Å². The molecule has 1 aliphatic heterocycles. The Kier molecular flexibility index (Phi) is 10.5. The molecule has 1 aliphatic rings. The number of unbranched alkanes of at least 4 members (excludes halogenated alkanes) is 1. The van der Waals surface area contributed by atoms with Crippen molar-refractivity contribution in [2.75, 3.05) is 45.9 Å². The molecule has 134 valence electrons. The van der Waals surface area contributed by atoms with Gasteiger partial charge < -0.3 is 10.1 Å². The average molecular weight is 323 g/mol. The standard InChI is InChI=1S/C20H38N2O/c1-5-7-10-20(6-2,11-9-19(3)4)18-21-12-8-13-22-14-16-23-17-15-22/h11,21H,5-8,10,12-18H2,1-4H3/t20-/m0/s1. The molecule has 0 aliphatic carbocycles. The lowest BCUT2D eigenvalue weighted by molar-refractivity contribution is 0.0374. The Hall–Kier alpha value is -0.600. The molecule has 1 fully saturated rings. The van der Waals surface area contributed by atoms with E-state index in [-0.39, 0.29) is 5.41 Å². The second kappa shape index (κ2) is 11.9.